The zero-order valence-corrected chi connectivity index (χ0v) is 15.5. The smallest absolute Gasteiger partial charge is 0.318 e. The second kappa shape index (κ2) is 7.68. The number of aryl methyl sites for hydroxylation is 1. The lowest BCUT2D eigenvalue weighted by atomic mass is 10.1. The van der Waals surface area contributed by atoms with Crippen LogP contribution in [0.25, 0.3) is 0 Å². The molecule has 0 heterocycles. The SMILES string of the molecule is COc1ccc([C@@H](C)NC(=O)N(Cc2cccc(O)c2)C2CC2)cc1C. The fraction of sp³-hybridized carbons (Fsp3) is 0.381. The number of nitrogens with zero attached hydrogens (tertiary/aromatic N) is 1. The molecular formula is C21H26N2O3. The van der Waals surface area contributed by atoms with Gasteiger partial charge in [-0.1, -0.05) is 24.3 Å². The molecular weight excluding hydrogens is 328 g/mol. The summed E-state index contributed by atoms with van der Waals surface area (Å²) in [6, 6.07) is 13.1. The first kappa shape index (κ1) is 18.1. The second-order valence-electron chi connectivity index (χ2n) is 6.93. The number of rotatable bonds is 6. The number of phenolic OH excluding ortho intramolecular Hbond substituents is 1. The number of amides is 2. The van der Waals surface area contributed by atoms with Gasteiger partial charge in [0, 0.05) is 12.6 Å². The Balaban J connectivity index is 1.69. The Hall–Kier alpha value is -2.69. The van der Waals surface area contributed by atoms with Gasteiger partial charge in [-0.05, 0) is 61.6 Å². The van der Waals surface area contributed by atoms with E-state index in [0.717, 1.165) is 35.3 Å². The molecule has 1 fully saturated rings. The third kappa shape index (κ3) is 4.28. The number of ether oxygens (including phenoxy) is 1. The highest BCUT2D eigenvalue weighted by atomic mass is 16.5. The van der Waals surface area contributed by atoms with E-state index in [2.05, 4.69) is 5.32 Å². The first-order valence-electron chi connectivity index (χ1n) is 8.97. The summed E-state index contributed by atoms with van der Waals surface area (Å²) in [7, 11) is 1.65. The Morgan fingerprint density at radius 3 is 2.69 bits per heavy atom. The molecule has 0 spiro atoms. The maximum atomic E-state index is 12.8. The highest BCUT2D eigenvalue weighted by Gasteiger charge is 2.33. The van der Waals surface area contributed by atoms with Crippen LogP contribution in [-0.2, 0) is 6.54 Å². The fourth-order valence-electron chi connectivity index (χ4n) is 3.13. The standard InChI is InChI=1S/C21H26N2O3/c1-14-11-17(7-10-20(14)26-3)15(2)22-21(25)23(18-8-9-18)13-16-5-4-6-19(24)12-16/h4-7,10-12,15,18,24H,8-9,13H2,1-3H3,(H,22,25)/t15-/m1/s1. The van der Waals surface area contributed by atoms with E-state index < -0.39 is 0 Å². The van der Waals surface area contributed by atoms with Crippen molar-refractivity contribution in [3.63, 3.8) is 0 Å². The molecule has 0 aromatic heterocycles. The van der Waals surface area contributed by atoms with E-state index in [1.54, 1.807) is 25.3 Å². The zero-order chi connectivity index (χ0) is 18.7. The summed E-state index contributed by atoms with van der Waals surface area (Å²) < 4.78 is 5.30. The number of carbonyl (C=O) groups is 1. The molecule has 0 radical (unpaired) electrons. The first-order valence-corrected chi connectivity index (χ1v) is 8.97. The second-order valence-corrected chi connectivity index (χ2v) is 6.93. The van der Waals surface area contributed by atoms with Gasteiger partial charge in [-0.3, -0.25) is 0 Å². The highest BCUT2D eigenvalue weighted by molar-refractivity contribution is 5.75. The van der Waals surface area contributed by atoms with Gasteiger partial charge in [0.15, 0.2) is 0 Å². The summed E-state index contributed by atoms with van der Waals surface area (Å²) >= 11 is 0. The Morgan fingerprint density at radius 1 is 1.31 bits per heavy atom. The van der Waals surface area contributed by atoms with E-state index in [-0.39, 0.29) is 23.9 Å². The van der Waals surface area contributed by atoms with Gasteiger partial charge in [-0.2, -0.15) is 0 Å². The third-order valence-corrected chi connectivity index (χ3v) is 4.77. The average Bonchev–Trinajstić information content (AvgIpc) is 3.44. The molecule has 1 saturated carbocycles. The van der Waals surface area contributed by atoms with Crippen molar-refractivity contribution in [3.8, 4) is 11.5 Å². The molecule has 1 aliphatic carbocycles. The highest BCUT2D eigenvalue weighted by Crippen LogP contribution is 2.30. The molecule has 1 aliphatic rings. The Bertz CT molecular complexity index is 787. The molecule has 2 N–H and O–H groups in total. The van der Waals surface area contributed by atoms with Crippen molar-refractivity contribution in [2.45, 2.75) is 45.3 Å². The van der Waals surface area contributed by atoms with Crippen molar-refractivity contribution >= 4 is 6.03 Å². The quantitative estimate of drug-likeness (QED) is 0.819. The van der Waals surface area contributed by atoms with Gasteiger partial charge in [0.2, 0.25) is 0 Å². The minimum absolute atomic E-state index is 0.0724. The normalized spacial score (nSPS) is 14.6. The largest absolute Gasteiger partial charge is 0.508 e. The van der Waals surface area contributed by atoms with E-state index in [1.165, 1.54) is 0 Å². The number of carbonyl (C=O) groups excluding carboxylic acids is 1. The summed E-state index contributed by atoms with van der Waals surface area (Å²) in [5, 5.41) is 12.8. The maximum Gasteiger partial charge on any atom is 0.318 e. The van der Waals surface area contributed by atoms with Crippen LogP contribution in [0.15, 0.2) is 42.5 Å². The van der Waals surface area contributed by atoms with Crippen molar-refractivity contribution in [2.75, 3.05) is 7.11 Å². The van der Waals surface area contributed by atoms with Crippen molar-refractivity contribution in [3.05, 3.63) is 59.2 Å². The molecule has 1 atom stereocenters. The Kier molecular flexibility index (Phi) is 5.35. The van der Waals surface area contributed by atoms with Crippen molar-refractivity contribution in [1.82, 2.24) is 10.2 Å². The molecule has 5 nitrogen and oxygen atoms in total. The monoisotopic (exact) mass is 354 g/mol. The summed E-state index contributed by atoms with van der Waals surface area (Å²) in [5.41, 5.74) is 3.02. The van der Waals surface area contributed by atoms with Crippen LogP contribution in [0.5, 0.6) is 11.5 Å². The van der Waals surface area contributed by atoms with Gasteiger partial charge in [0.05, 0.1) is 13.2 Å². The summed E-state index contributed by atoms with van der Waals surface area (Å²) in [6.45, 7) is 4.48. The Morgan fingerprint density at radius 2 is 2.08 bits per heavy atom. The molecule has 0 unspecified atom stereocenters. The minimum Gasteiger partial charge on any atom is -0.508 e. The molecule has 26 heavy (non-hydrogen) atoms. The number of phenols is 1. The summed E-state index contributed by atoms with van der Waals surface area (Å²) in [6.07, 6.45) is 2.06. The van der Waals surface area contributed by atoms with Gasteiger partial charge in [-0.25, -0.2) is 4.79 Å². The van der Waals surface area contributed by atoms with E-state index in [9.17, 15) is 9.90 Å². The molecule has 2 aromatic rings. The third-order valence-electron chi connectivity index (χ3n) is 4.77. The lowest BCUT2D eigenvalue weighted by Gasteiger charge is -2.26. The molecule has 138 valence electrons. The topological polar surface area (TPSA) is 61.8 Å². The minimum atomic E-state index is -0.0995. The molecule has 3 rings (SSSR count). The van der Waals surface area contributed by atoms with E-state index in [4.69, 9.17) is 4.74 Å². The molecule has 2 aromatic carbocycles. The van der Waals surface area contributed by atoms with Gasteiger partial charge in [-0.15, -0.1) is 0 Å². The van der Waals surface area contributed by atoms with Crippen molar-refractivity contribution < 1.29 is 14.6 Å². The van der Waals surface area contributed by atoms with Crippen LogP contribution in [0.3, 0.4) is 0 Å². The van der Waals surface area contributed by atoms with Gasteiger partial charge >= 0.3 is 6.03 Å². The number of aromatic hydroxyl groups is 1. The van der Waals surface area contributed by atoms with E-state index in [0.29, 0.717) is 6.54 Å². The zero-order valence-electron chi connectivity index (χ0n) is 15.5. The molecule has 0 saturated heterocycles. The number of hydrogen-bond acceptors (Lipinski definition) is 3. The van der Waals surface area contributed by atoms with Crippen LogP contribution < -0.4 is 10.1 Å². The Labute approximate surface area is 154 Å². The molecule has 5 heteroatoms. The van der Waals surface area contributed by atoms with Crippen molar-refractivity contribution in [1.29, 1.82) is 0 Å². The van der Waals surface area contributed by atoms with E-state index in [1.807, 2.05) is 43.0 Å². The lowest BCUT2D eigenvalue weighted by molar-refractivity contribution is 0.188. The number of urea groups is 1. The number of benzene rings is 2. The van der Waals surface area contributed by atoms with Crippen LogP contribution in [0, 0.1) is 6.92 Å². The van der Waals surface area contributed by atoms with Gasteiger partial charge < -0.3 is 20.1 Å². The summed E-state index contributed by atoms with van der Waals surface area (Å²) in [5.74, 6) is 1.07. The molecule has 0 aliphatic heterocycles. The van der Waals surface area contributed by atoms with Crippen LogP contribution in [-0.4, -0.2) is 29.2 Å². The van der Waals surface area contributed by atoms with Gasteiger partial charge in [0.1, 0.15) is 11.5 Å². The predicted molar refractivity (Wildman–Crippen MR) is 101 cm³/mol. The van der Waals surface area contributed by atoms with Crippen molar-refractivity contribution in [2.24, 2.45) is 0 Å². The number of hydrogen-bond donors (Lipinski definition) is 2. The van der Waals surface area contributed by atoms with E-state index >= 15 is 0 Å². The van der Waals surface area contributed by atoms with Crippen LogP contribution in [0.4, 0.5) is 4.79 Å². The van der Waals surface area contributed by atoms with Crippen LogP contribution in [0.1, 0.15) is 42.5 Å². The first-order chi connectivity index (χ1) is 12.5. The van der Waals surface area contributed by atoms with Crippen LogP contribution >= 0.6 is 0 Å². The fourth-order valence-corrected chi connectivity index (χ4v) is 3.13. The molecule has 2 amide bonds. The number of nitrogens with one attached hydrogen (secondary N) is 1. The average molecular weight is 354 g/mol. The lowest BCUT2D eigenvalue weighted by Crippen LogP contribution is -2.41. The van der Waals surface area contributed by atoms with Crippen LogP contribution in [0.2, 0.25) is 0 Å². The predicted octanol–water partition coefficient (Wildman–Crippen LogP) is 4.14. The molecule has 0 bridgehead atoms. The maximum absolute atomic E-state index is 12.8. The number of methoxy groups -OCH3 is 1. The van der Waals surface area contributed by atoms with Gasteiger partial charge in [0.25, 0.3) is 0 Å². The summed E-state index contributed by atoms with van der Waals surface area (Å²) in [4.78, 5) is 14.7.